The van der Waals surface area contributed by atoms with Gasteiger partial charge in [-0.25, -0.2) is 0 Å². The molecule has 1 atom stereocenters. The van der Waals surface area contributed by atoms with Crippen LogP contribution in [-0.4, -0.2) is 56.8 Å². The molecular weight excluding hydrogens is 456 g/mol. The van der Waals surface area contributed by atoms with Crippen LogP contribution in [0.5, 0.6) is 5.75 Å². The monoisotopic (exact) mass is 483 g/mol. The van der Waals surface area contributed by atoms with Crippen molar-refractivity contribution in [1.29, 1.82) is 0 Å². The molecule has 0 saturated carbocycles. The van der Waals surface area contributed by atoms with Gasteiger partial charge in [0.1, 0.15) is 24.4 Å². The van der Waals surface area contributed by atoms with Crippen LogP contribution in [-0.2, 0) is 4.74 Å². The molecule has 0 aliphatic carbocycles. The van der Waals surface area contributed by atoms with Gasteiger partial charge in [-0.3, -0.25) is 9.59 Å². The average Bonchev–Trinajstić information content (AvgIpc) is 3.13. The molecule has 34 heavy (non-hydrogen) atoms. The number of hydrogen-bond donors (Lipinski definition) is 1. The molecule has 1 fully saturated rings. The van der Waals surface area contributed by atoms with Gasteiger partial charge < -0.3 is 23.7 Å². The Balaban J connectivity index is 1.52. The summed E-state index contributed by atoms with van der Waals surface area (Å²) in [4.78, 5) is 30.4. The van der Waals surface area contributed by atoms with Crippen LogP contribution < -0.4 is 15.1 Å². The highest BCUT2D eigenvalue weighted by molar-refractivity contribution is 6.31. The number of carbonyl (C=O) groups excluding carboxylic acids is 1. The number of hydrogen-bond acceptors (Lipinski definition) is 5. The van der Waals surface area contributed by atoms with E-state index in [4.69, 9.17) is 25.5 Å². The standard InChI is InChI=1S/C26H27ClN2O5/c1-2-33-19-7-4-17(5-8-19)23-22-24(30)20-16-18(27)6-9-21(20)34-25(22)26(31)29(23)11-3-10-28-12-14-32-15-13-28/h4-9,16,23H,2-3,10-15H2,1H3/p+1/t23-/m0/s1. The van der Waals surface area contributed by atoms with Gasteiger partial charge in [0.15, 0.2) is 5.43 Å². The first kappa shape index (κ1) is 22.9. The highest BCUT2D eigenvalue weighted by atomic mass is 35.5. The Hall–Kier alpha value is -2.87. The van der Waals surface area contributed by atoms with Crippen LogP contribution >= 0.6 is 11.6 Å². The van der Waals surface area contributed by atoms with Gasteiger partial charge in [-0.1, -0.05) is 23.7 Å². The zero-order chi connectivity index (χ0) is 23.7. The summed E-state index contributed by atoms with van der Waals surface area (Å²) < 4.78 is 17.0. The highest BCUT2D eigenvalue weighted by Crippen LogP contribution is 2.38. The predicted molar refractivity (Wildman–Crippen MR) is 129 cm³/mol. The van der Waals surface area contributed by atoms with Crippen molar-refractivity contribution in [3.63, 3.8) is 0 Å². The second kappa shape index (κ2) is 9.78. The molecule has 178 valence electrons. The van der Waals surface area contributed by atoms with Crippen LogP contribution in [0.1, 0.15) is 41.1 Å². The average molecular weight is 484 g/mol. The van der Waals surface area contributed by atoms with Crippen LogP contribution in [0.2, 0.25) is 5.02 Å². The number of morpholine rings is 1. The minimum Gasteiger partial charge on any atom is -0.494 e. The summed E-state index contributed by atoms with van der Waals surface area (Å²) in [7, 11) is 0. The first-order valence-corrected chi connectivity index (χ1v) is 12.2. The number of amides is 1. The molecule has 1 amide bonds. The normalized spacial score (nSPS) is 18.5. The Bertz CT molecular complexity index is 1250. The van der Waals surface area contributed by atoms with Crippen molar-refractivity contribution in [2.45, 2.75) is 19.4 Å². The number of quaternary nitrogens is 1. The van der Waals surface area contributed by atoms with Gasteiger partial charge in [0.2, 0.25) is 5.76 Å². The second-order valence-corrected chi connectivity index (χ2v) is 9.12. The molecule has 1 N–H and O–H groups in total. The van der Waals surface area contributed by atoms with Gasteiger partial charge in [0.05, 0.1) is 43.4 Å². The van der Waals surface area contributed by atoms with E-state index in [1.807, 2.05) is 31.2 Å². The summed E-state index contributed by atoms with van der Waals surface area (Å²) in [6, 6.07) is 12.0. The van der Waals surface area contributed by atoms with Crippen LogP contribution in [0.15, 0.2) is 51.7 Å². The van der Waals surface area contributed by atoms with Crippen LogP contribution in [0, 0.1) is 0 Å². The minimum atomic E-state index is -0.516. The van der Waals surface area contributed by atoms with Gasteiger partial charge in [-0.15, -0.1) is 0 Å². The summed E-state index contributed by atoms with van der Waals surface area (Å²) in [5, 5.41) is 0.835. The van der Waals surface area contributed by atoms with Crippen molar-refractivity contribution >= 4 is 28.5 Å². The van der Waals surface area contributed by atoms with Crippen LogP contribution in [0.4, 0.5) is 0 Å². The number of ether oxygens (including phenoxy) is 2. The fourth-order valence-corrected chi connectivity index (χ4v) is 5.06. The number of carbonyl (C=O) groups is 1. The molecule has 3 heterocycles. The lowest BCUT2D eigenvalue weighted by atomic mass is 9.98. The molecule has 5 rings (SSSR count). The maximum Gasteiger partial charge on any atom is 0.290 e. The predicted octanol–water partition coefficient (Wildman–Crippen LogP) is 2.70. The SMILES string of the molecule is CCOc1ccc([C@H]2c3c(oc4ccc(Cl)cc4c3=O)C(=O)N2CCC[NH+]2CCOCC2)cc1. The zero-order valence-corrected chi connectivity index (χ0v) is 19.9. The molecule has 2 aromatic carbocycles. The van der Waals surface area contributed by atoms with Crippen molar-refractivity contribution in [2.75, 3.05) is 46.0 Å². The first-order valence-electron chi connectivity index (χ1n) is 11.8. The Labute approximate surface area is 202 Å². The van der Waals surface area contributed by atoms with Gasteiger partial charge in [0, 0.05) is 18.0 Å². The smallest absolute Gasteiger partial charge is 0.290 e. The molecule has 1 aromatic heterocycles. The Kier molecular flexibility index (Phi) is 6.59. The van der Waals surface area contributed by atoms with E-state index in [2.05, 4.69) is 0 Å². The number of rotatable bonds is 7. The molecule has 0 radical (unpaired) electrons. The Morgan fingerprint density at radius 3 is 2.62 bits per heavy atom. The number of nitrogens with one attached hydrogen (secondary N) is 1. The maximum absolute atomic E-state index is 13.6. The van der Waals surface area contributed by atoms with Crippen molar-refractivity contribution in [3.05, 3.63) is 74.6 Å². The lowest BCUT2D eigenvalue weighted by Crippen LogP contribution is -3.14. The van der Waals surface area contributed by atoms with Crippen molar-refractivity contribution in [1.82, 2.24) is 4.90 Å². The molecule has 1 saturated heterocycles. The van der Waals surface area contributed by atoms with Gasteiger partial charge in [-0.05, 0) is 42.8 Å². The first-order chi connectivity index (χ1) is 16.6. The molecule has 0 spiro atoms. The largest absolute Gasteiger partial charge is 0.494 e. The summed E-state index contributed by atoms with van der Waals surface area (Å²) >= 11 is 6.16. The number of halogens is 1. The van der Waals surface area contributed by atoms with E-state index in [0.29, 0.717) is 34.7 Å². The third kappa shape index (κ3) is 4.31. The topological polar surface area (TPSA) is 73.4 Å². The van der Waals surface area contributed by atoms with E-state index in [9.17, 15) is 9.59 Å². The fraction of sp³-hybridized carbons (Fsp3) is 0.385. The van der Waals surface area contributed by atoms with Gasteiger partial charge >= 0.3 is 0 Å². The Morgan fingerprint density at radius 2 is 1.88 bits per heavy atom. The van der Waals surface area contributed by atoms with Crippen molar-refractivity contribution in [3.8, 4) is 5.75 Å². The second-order valence-electron chi connectivity index (χ2n) is 8.68. The lowest BCUT2D eigenvalue weighted by molar-refractivity contribution is -0.908. The van der Waals surface area contributed by atoms with E-state index in [-0.39, 0.29) is 17.1 Å². The van der Waals surface area contributed by atoms with Crippen LogP contribution in [0.3, 0.4) is 0 Å². The third-order valence-corrected chi connectivity index (χ3v) is 6.80. The van der Waals surface area contributed by atoms with E-state index >= 15 is 0 Å². The highest BCUT2D eigenvalue weighted by Gasteiger charge is 2.42. The van der Waals surface area contributed by atoms with Crippen molar-refractivity contribution in [2.24, 2.45) is 0 Å². The molecule has 2 aliphatic rings. The number of fused-ring (bicyclic) bond motifs is 2. The summed E-state index contributed by atoms with van der Waals surface area (Å²) in [6.07, 6.45) is 0.822. The summed E-state index contributed by atoms with van der Waals surface area (Å²) in [6.45, 7) is 7.46. The quantitative estimate of drug-likeness (QED) is 0.559. The van der Waals surface area contributed by atoms with Crippen molar-refractivity contribution < 1.29 is 23.6 Å². The molecule has 8 heteroatoms. The maximum atomic E-state index is 13.6. The van der Waals surface area contributed by atoms with E-state index in [1.165, 1.54) is 4.90 Å². The third-order valence-electron chi connectivity index (χ3n) is 6.56. The Morgan fingerprint density at radius 1 is 1.12 bits per heavy atom. The molecule has 0 unspecified atom stereocenters. The lowest BCUT2D eigenvalue weighted by Gasteiger charge is -2.27. The minimum absolute atomic E-state index is 0.123. The summed E-state index contributed by atoms with van der Waals surface area (Å²) in [5.74, 6) is 0.618. The van der Waals surface area contributed by atoms with E-state index in [1.54, 1.807) is 23.1 Å². The molecule has 0 bridgehead atoms. The van der Waals surface area contributed by atoms with Crippen LogP contribution in [0.25, 0.3) is 11.0 Å². The summed E-state index contributed by atoms with van der Waals surface area (Å²) in [5.41, 5.74) is 1.38. The van der Waals surface area contributed by atoms with Gasteiger partial charge in [-0.2, -0.15) is 0 Å². The molecule has 7 nitrogen and oxygen atoms in total. The van der Waals surface area contributed by atoms with E-state index in [0.717, 1.165) is 50.6 Å². The number of nitrogens with zero attached hydrogens (tertiary/aromatic N) is 1. The fourth-order valence-electron chi connectivity index (χ4n) is 4.89. The number of benzene rings is 2. The molecule has 2 aliphatic heterocycles. The molecular formula is C26H28ClN2O5+. The van der Waals surface area contributed by atoms with Gasteiger partial charge in [0.25, 0.3) is 5.91 Å². The molecule has 3 aromatic rings. The zero-order valence-electron chi connectivity index (χ0n) is 19.1. The van der Waals surface area contributed by atoms with E-state index < -0.39 is 6.04 Å².